The van der Waals surface area contributed by atoms with Gasteiger partial charge in [-0.2, -0.15) is 0 Å². The molecular formula is C71H128O6. The number of hydrogen-bond donors (Lipinski definition) is 0. The van der Waals surface area contributed by atoms with E-state index in [1.165, 1.54) is 231 Å². The molecule has 1 atom stereocenters. The van der Waals surface area contributed by atoms with Crippen LogP contribution in [0.2, 0.25) is 0 Å². The first-order valence-electron chi connectivity index (χ1n) is 33.8. The molecule has 1 unspecified atom stereocenters. The Hall–Kier alpha value is -2.89. The fourth-order valence-corrected chi connectivity index (χ4v) is 9.92. The molecule has 77 heavy (non-hydrogen) atoms. The molecule has 0 aromatic rings. The van der Waals surface area contributed by atoms with Crippen LogP contribution in [-0.4, -0.2) is 37.2 Å². The Morgan fingerprint density at radius 1 is 0.273 bits per heavy atom. The number of rotatable bonds is 62. The number of esters is 3. The largest absolute Gasteiger partial charge is 0.462 e. The van der Waals surface area contributed by atoms with Gasteiger partial charge in [-0.3, -0.25) is 14.4 Å². The zero-order chi connectivity index (χ0) is 55.7. The van der Waals surface area contributed by atoms with Crippen LogP contribution in [0.25, 0.3) is 0 Å². The van der Waals surface area contributed by atoms with Gasteiger partial charge in [-0.15, -0.1) is 0 Å². The summed E-state index contributed by atoms with van der Waals surface area (Å²) in [6.45, 7) is 6.54. The topological polar surface area (TPSA) is 78.9 Å². The SMILES string of the molecule is CC/C=C\C/C=C\C/C=C\CCCCCC(=O)OCC(COC(=O)CCCCCCCCCCCCCCCCC/C=C\CCCCCCCCCC)OC(=O)CCCCCCCCCCC/C=C\CCCCCCCC. The van der Waals surface area contributed by atoms with Crippen LogP contribution in [0.15, 0.2) is 60.8 Å². The third-order valence-electron chi connectivity index (χ3n) is 15.0. The van der Waals surface area contributed by atoms with Gasteiger partial charge in [-0.25, -0.2) is 0 Å². The maximum atomic E-state index is 12.9. The average Bonchev–Trinajstić information content (AvgIpc) is 3.43. The second-order valence-corrected chi connectivity index (χ2v) is 22.7. The summed E-state index contributed by atoms with van der Waals surface area (Å²) in [7, 11) is 0. The molecule has 0 fully saturated rings. The lowest BCUT2D eigenvalue weighted by atomic mass is 10.0. The van der Waals surface area contributed by atoms with Crippen molar-refractivity contribution in [1.29, 1.82) is 0 Å². The standard InChI is InChI=1S/C71H128O6/c1-4-7-10-13-16-19-22-25-27-29-31-32-33-34-35-36-37-38-40-41-43-46-49-52-55-58-61-64-70(73)76-67-68(66-75-69(72)63-60-57-54-51-48-45-24-21-18-15-12-9-6-3)77-71(74)65-62-59-56-53-50-47-44-42-39-30-28-26-23-20-17-14-11-8-5-2/h9,12,18,21,26,28-29,31,45,48,68H,4-8,10-11,13-17,19-20,22-25,27,30,32-44,46-47,49-67H2,1-3H3/b12-9-,21-18-,28-26-,31-29-,48-45-. The minimum Gasteiger partial charge on any atom is -0.462 e. The molecular weight excluding hydrogens is 949 g/mol. The van der Waals surface area contributed by atoms with Crippen LogP contribution in [-0.2, 0) is 28.6 Å². The smallest absolute Gasteiger partial charge is 0.306 e. The molecule has 448 valence electrons. The van der Waals surface area contributed by atoms with Gasteiger partial charge < -0.3 is 14.2 Å². The van der Waals surface area contributed by atoms with E-state index in [1.807, 2.05) is 0 Å². The predicted molar refractivity (Wildman–Crippen MR) is 335 cm³/mol. The summed E-state index contributed by atoms with van der Waals surface area (Å²) < 4.78 is 16.9. The van der Waals surface area contributed by atoms with Crippen LogP contribution in [0.4, 0.5) is 0 Å². The summed E-state index contributed by atoms with van der Waals surface area (Å²) in [5.74, 6) is -0.896. The van der Waals surface area contributed by atoms with Crippen molar-refractivity contribution in [1.82, 2.24) is 0 Å². The Labute approximate surface area is 479 Å². The van der Waals surface area contributed by atoms with Crippen LogP contribution in [0.5, 0.6) is 0 Å². The van der Waals surface area contributed by atoms with Crippen LogP contribution < -0.4 is 0 Å². The van der Waals surface area contributed by atoms with Crippen molar-refractivity contribution >= 4 is 17.9 Å². The van der Waals surface area contributed by atoms with E-state index in [-0.39, 0.29) is 31.1 Å². The Balaban J connectivity index is 4.24. The molecule has 0 aliphatic heterocycles. The van der Waals surface area contributed by atoms with E-state index >= 15 is 0 Å². The number of carbonyl (C=O) groups excluding carboxylic acids is 3. The van der Waals surface area contributed by atoms with Crippen molar-refractivity contribution in [3.63, 3.8) is 0 Å². The van der Waals surface area contributed by atoms with Crippen molar-refractivity contribution in [2.75, 3.05) is 13.2 Å². The molecule has 0 radical (unpaired) electrons. The Kier molecular flexibility index (Phi) is 63.2. The van der Waals surface area contributed by atoms with E-state index < -0.39 is 6.10 Å². The molecule has 0 N–H and O–H groups in total. The van der Waals surface area contributed by atoms with E-state index in [9.17, 15) is 14.4 Å². The molecule has 0 aliphatic carbocycles. The van der Waals surface area contributed by atoms with Gasteiger partial charge in [0.1, 0.15) is 13.2 Å². The lowest BCUT2D eigenvalue weighted by Gasteiger charge is -2.18. The summed E-state index contributed by atoms with van der Waals surface area (Å²) in [5.41, 5.74) is 0. The highest BCUT2D eigenvalue weighted by molar-refractivity contribution is 5.71. The molecule has 6 heteroatoms. The van der Waals surface area contributed by atoms with Gasteiger partial charge in [-0.05, 0) is 103 Å². The predicted octanol–water partition coefficient (Wildman–Crippen LogP) is 23.1. The van der Waals surface area contributed by atoms with Gasteiger partial charge in [0.15, 0.2) is 6.10 Å². The van der Waals surface area contributed by atoms with E-state index in [0.717, 1.165) is 83.5 Å². The van der Waals surface area contributed by atoms with Crippen molar-refractivity contribution in [3.8, 4) is 0 Å². The molecule has 0 bridgehead atoms. The molecule has 0 aliphatic rings. The first-order chi connectivity index (χ1) is 38.0. The normalized spacial score (nSPS) is 12.4. The molecule has 6 nitrogen and oxygen atoms in total. The maximum Gasteiger partial charge on any atom is 0.306 e. The van der Waals surface area contributed by atoms with Crippen molar-refractivity contribution in [2.45, 2.75) is 361 Å². The summed E-state index contributed by atoms with van der Waals surface area (Å²) >= 11 is 0. The van der Waals surface area contributed by atoms with E-state index in [2.05, 4.69) is 81.5 Å². The summed E-state index contributed by atoms with van der Waals surface area (Å²) in [4.78, 5) is 38.3. The third kappa shape index (κ3) is 63.8. The quantitative estimate of drug-likeness (QED) is 0.0261. The monoisotopic (exact) mass is 1080 g/mol. The fraction of sp³-hybridized carbons (Fsp3) is 0.817. The van der Waals surface area contributed by atoms with Gasteiger partial charge in [0.05, 0.1) is 0 Å². The zero-order valence-electron chi connectivity index (χ0n) is 51.5. The van der Waals surface area contributed by atoms with Crippen molar-refractivity contribution in [3.05, 3.63) is 60.8 Å². The molecule has 0 aromatic heterocycles. The number of ether oxygens (including phenoxy) is 3. The van der Waals surface area contributed by atoms with Crippen molar-refractivity contribution < 1.29 is 28.6 Å². The fourth-order valence-electron chi connectivity index (χ4n) is 9.92. The summed E-state index contributed by atoms with van der Waals surface area (Å²) in [6, 6.07) is 0. The summed E-state index contributed by atoms with van der Waals surface area (Å²) in [5, 5.41) is 0. The number of unbranched alkanes of at least 4 members (excludes halogenated alkanes) is 41. The van der Waals surface area contributed by atoms with E-state index in [0.29, 0.717) is 19.3 Å². The van der Waals surface area contributed by atoms with Crippen molar-refractivity contribution in [2.24, 2.45) is 0 Å². The van der Waals surface area contributed by atoms with Crippen LogP contribution in [0, 0.1) is 0 Å². The van der Waals surface area contributed by atoms with E-state index in [4.69, 9.17) is 14.2 Å². The number of hydrogen-bond acceptors (Lipinski definition) is 6. The molecule has 0 rings (SSSR count). The first-order valence-corrected chi connectivity index (χ1v) is 33.8. The number of carbonyl (C=O) groups is 3. The lowest BCUT2D eigenvalue weighted by molar-refractivity contribution is -0.167. The second-order valence-electron chi connectivity index (χ2n) is 22.7. The Bertz CT molecular complexity index is 1380. The first kappa shape index (κ1) is 74.1. The van der Waals surface area contributed by atoms with Crippen LogP contribution >= 0.6 is 0 Å². The van der Waals surface area contributed by atoms with Gasteiger partial charge >= 0.3 is 17.9 Å². The van der Waals surface area contributed by atoms with Gasteiger partial charge in [0, 0.05) is 19.3 Å². The molecule has 0 saturated carbocycles. The highest BCUT2D eigenvalue weighted by Gasteiger charge is 2.19. The van der Waals surface area contributed by atoms with Gasteiger partial charge in [0.25, 0.3) is 0 Å². The second kappa shape index (κ2) is 65.6. The van der Waals surface area contributed by atoms with E-state index in [1.54, 1.807) is 0 Å². The molecule has 0 spiro atoms. The number of allylic oxidation sites excluding steroid dienone is 10. The van der Waals surface area contributed by atoms with Crippen LogP contribution in [0.1, 0.15) is 355 Å². The van der Waals surface area contributed by atoms with Crippen LogP contribution in [0.3, 0.4) is 0 Å². The third-order valence-corrected chi connectivity index (χ3v) is 15.0. The Morgan fingerprint density at radius 3 is 0.818 bits per heavy atom. The molecule has 0 heterocycles. The minimum absolute atomic E-state index is 0.0817. The molecule has 0 saturated heterocycles. The van der Waals surface area contributed by atoms with Gasteiger partial charge in [-0.1, -0.05) is 293 Å². The highest BCUT2D eigenvalue weighted by Crippen LogP contribution is 2.17. The lowest BCUT2D eigenvalue weighted by Crippen LogP contribution is -2.30. The zero-order valence-corrected chi connectivity index (χ0v) is 51.5. The minimum atomic E-state index is -0.787. The average molecular weight is 1080 g/mol. The summed E-state index contributed by atoms with van der Waals surface area (Å²) in [6.07, 6.45) is 83.9. The highest BCUT2D eigenvalue weighted by atomic mass is 16.6. The molecule has 0 aromatic carbocycles. The Morgan fingerprint density at radius 2 is 0.506 bits per heavy atom. The van der Waals surface area contributed by atoms with Gasteiger partial charge in [0.2, 0.25) is 0 Å². The molecule has 0 amide bonds. The maximum absolute atomic E-state index is 12.9.